The smallest absolute Gasteiger partial charge is 0.132 e. The van der Waals surface area contributed by atoms with Crippen LogP contribution in [0.2, 0.25) is 0 Å². The zero-order valence-corrected chi connectivity index (χ0v) is 8.29. The summed E-state index contributed by atoms with van der Waals surface area (Å²) in [4.78, 5) is 21.3. The summed E-state index contributed by atoms with van der Waals surface area (Å²) < 4.78 is 0. The van der Waals surface area contributed by atoms with Gasteiger partial charge in [-0.3, -0.25) is 4.79 Å². The van der Waals surface area contributed by atoms with Crippen molar-refractivity contribution in [3.8, 4) is 0 Å². The summed E-state index contributed by atoms with van der Waals surface area (Å²) >= 11 is 0. The van der Waals surface area contributed by atoms with Gasteiger partial charge in [0, 0.05) is 12.3 Å². The van der Waals surface area contributed by atoms with Crippen molar-refractivity contribution in [3.05, 3.63) is 0 Å². The van der Waals surface area contributed by atoms with Crippen molar-refractivity contribution in [2.24, 2.45) is 11.8 Å². The maximum atomic E-state index is 11.1. The Balaban J connectivity index is 2.32. The van der Waals surface area contributed by atoms with Crippen LogP contribution in [0, 0.1) is 11.8 Å². The van der Waals surface area contributed by atoms with E-state index in [1.165, 1.54) is 6.42 Å². The Labute approximate surface area is 79.7 Å². The molecule has 13 heavy (non-hydrogen) atoms. The zero-order valence-electron chi connectivity index (χ0n) is 8.29. The van der Waals surface area contributed by atoms with Gasteiger partial charge in [0.25, 0.3) is 0 Å². The van der Waals surface area contributed by atoms with Crippen LogP contribution in [0.25, 0.3) is 0 Å². The number of ketones is 1. The third-order valence-corrected chi connectivity index (χ3v) is 3.05. The van der Waals surface area contributed by atoms with Gasteiger partial charge in [0.15, 0.2) is 0 Å². The number of carbonyl (C=O) groups excluding carboxylic acids is 2. The second kappa shape index (κ2) is 5.15. The largest absolute Gasteiger partial charge is 0.303 e. The summed E-state index contributed by atoms with van der Waals surface area (Å²) in [5.74, 6) is 1.23. The Hall–Kier alpha value is -0.660. The second-order valence-corrected chi connectivity index (χ2v) is 4.08. The Morgan fingerprint density at radius 1 is 1.46 bits per heavy atom. The lowest BCUT2D eigenvalue weighted by Gasteiger charge is -2.26. The number of hydrogen-bond donors (Lipinski definition) is 0. The van der Waals surface area contributed by atoms with Crippen molar-refractivity contribution in [2.75, 3.05) is 0 Å². The first-order chi connectivity index (χ1) is 6.24. The molecule has 74 valence electrons. The standard InChI is InChI=1S/C11H18O2/c1-9(13)11-6-2-4-10(8-11)5-3-7-12/h7,10-11H,2-6,8H2,1H3. The van der Waals surface area contributed by atoms with Gasteiger partial charge in [0.1, 0.15) is 12.1 Å². The molecular weight excluding hydrogens is 164 g/mol. The molecule has 1 fully saturated rings. The predicted molar refractivity (Wildman–Crippen MR) is 51.4 cm³/mol. The van der Waals surface area contributed by atoms with Crippen LogP contribution in [-0.2, 0) is 9.59 Å². The molecule has 0 bridgehead atoms. The minimum absolute atomic E-state index is 0.283. The summed E-state index contributed by atoms with van der Waals surface area (Å²) in [5.41, 5.74) is 0. The number of aldehydes is 1. The number of rotatable bonds is 4. The van der Waals surface area contributed by atoms with Gasteiger partial charge >= 0.3 is 0 Å². The molecule has 2 heteroatoms. The minimum Gasteiger partial charge on any atom is -0.303 e. The van der Waals surface area contributed by atoms with E-state index in [0.717, 1.165) is 32.0 Å². The zero-order chi connectivity index (χ0) is 9.68. The third-order valence-electron chi connectivity index (χ3n) is 3.05. The molecule has 0 heterocycles. The average Bonchev–Trinajstić information content (AvgIpc) is 2.15. The molecule has 1 saturated carbocycles. The van der Waals surface area contributed by atoms with Gasteiger partial charge in [0.2, 0.25) is 0 Å². The molecule has 2 nitrogen and oxygen atoms in total. The van der Waals surface area contributed by atoms with E-state index in [9.17, 15) is 9.59 Å². The topological polar surface area (TPSA) is 34.1 Å². The maximum absolute atomic E-state index is 11.1. The van der Waals surface area contributed by atoms with E-state index in [1.807, 2.05) is 0 Å². The van der Waals surface area contributed by atoms with Gasteiger partial charge in [-0.1, -0.05) is 12.8 Å². The second-order valence-electron chi connectivity index (χ2n) is 4.08. The average molecular weight is 182 g/mol. The summed E-state index contributed by atoms with van der Waals surface area (Å²) in [7, 11) is 0. The summed E-state index contributed by atoms with van der Waals surface area (Å²) in [5, 5.41) is 0. The molecular formula is C11H18O2. The molecule has 0 radical (unpaired) electrons. The van der Waals surface area contributed by atoms with E-state index >= 15 is 0 Å². The van der Waals surface area contributed by atoms with Crippen LogP contribution < -0.4 is 0 Å². The number of Topliss-reactive ketones (excluding diaryl/α,β-unsaturated/α-hetero) is 1. The summed E-state index contributed by atoms with van der Waals surface area (Å²) in [6.45, 7) is 1.69. The Bertz CT molecular complexity index is 187. The van der Waals surface area contributed by atoms with Gasteiger partial charge in [-0.05, 0) is 32.1 Å². The van der Waals surface area contributed by atoms with E-state index in [1.54, 1.807) is 6.92 Å². The highest BCUT2D eigenvalue weighted by Gasteiger charge is 2.24. The van der Waals surface area contributed by atoms with Crippen molar-refractivity contribution in [1.82, 2.24) is 0 Å². The fourth-order valence-corrected chi connectivity index (χ4v) is 2.23. The molecule has 0 aromatic heterocycles. The monoisotopic (exact) mass is 182 g/mol. The van der Waals surface area contributed by atoms with Gasteiger partial charge in [-0.15, -0.1) is 0 Å². The van der Waals surface area contributed by atoms with E-state index in [0.29, 0.717) is 18.1 Å². The highest BCUT2D eigenvalue weighted by atomic mass is 16.1. The van der Waals surface area contributed by atoms with Crippen molar-refractivity contribution in [1.29, 1.82) is 0 Å². The molecule has 1 aliphatic carbocycles. The fourth-order valence-electron chi connectivity index (χ4n) is 2.23. The van der Waals surface area contributed by atoms with Crippen LogP contribution in [-0.4, -0.2) is 12.1 Å². The first-order valence-electron chi connectivity index (χ1n) is 5.18. The lowest BCUT2D eigenvalue weighted by atomic mass is 9.78. The molecule has 0 aliphatic heterocycles. The van der Waals surface area contributed by atoms with Gasteiger partial charge < -0.3 is 4.79 Å². The van der Waals surface area contributed by atoms with Crippen LogP contribution in [0.15, 0.2) is 0 Å². The first-order valence-corrected chi connectivity index (χ1v) is 5.18. The van der Waals surface area contributed by atoms with E-state index in [2.05, 4.69) is 0 Å². The molecule has 1 aliphatic rings. The molecule has 0 spiro atoms. The molecule has 2 unspecified atom stereocenters. The Morgan fingerprint density at radius 2 is 2.23 bits per heavy atom. The van der Waals surface area contributed by atoms with E-state index in [4.69, 9.17) is 0 Å². The molecule has 2 atom stereocenters. The van der Waals surface area contributed by atoms with Crippen LogP contribution in [0.5, 0.6) is 0 Å². The molecule has 0 aromatic carbocycles. The van der Waals surface area contributed by atoms with Crippen molar-refractivity contribution in [2.45, 2.75) is 45.4 Å². The number of carbonyl (C=O) groups is 2. The molecule has 0 N–H and O–H groups in total. The highest BCUT2D eigenvalue weighted by molar-refractivity contribution is 5.78. The van der Waals surface area contributed by atoms with Crippen LogP contribution in [0.4, 0.5) is 0 Å². The normalized spacial score (nSPS) is 28.4. The molecule has 0 aromatic rings. The minimum atomic E-state index is 0.283. The SMILES string of the molecule is CC(=O)C1CCCC(CCC=O)C1. The van der Waals surface area contributed by atoms with Crippen LogP contribution in [0.3, 0.4) is 0 Å². The predicted octanol–water partition coefficient (Wildman–Crippen LogP) is 2.36. The van der Waals surface area contributed by atoms with Crippen molar-refractivity contribution in [3.63, 3.8) is 0 Å². The number of hydrogen-bond acceptors (Lipinski definition) is 2. The van der Waals surface area contributed by atoms with Crippen molar-refractivity contribution < 1.29 is 9.59 Å². The summed E-state index contributed by atoms with van der Waals surface area (Å²) in [6.07, 6.45) is 7.07. The first kappa shape index (κ1) is 10.4. The fraction of sp³-hybridized carbons (Fsp3) is 0.818. The maximum Gasteiger partial charge on any atom is 0.132 e. The lowest BCUT2D eigenvalue weighted by Crippen LogP contribution is -2.21. The molecule has 0 amide bonds. The van der Waals surface area contributed by atoms with Gasteiger partial charge in [-0.2, -0.15) is 0 Å². The van der Waals surface area contributed by atoms with Gasteiger partial charge in [-0.25, -0.2) is 0 Å². The molecule has 0 saturated heterocycles. The lowest BCUT2D eigenvalue weighted by molar-refractivity contribution is -0.122. The van der Waals surface area contributed by atoms with Crippen molar-refractivity contribution >= 4 is 12.1 Å². The van der Waals surface area contributed by atoms with Crippen LogP contribution in [0.1, 0.15) is 45.4 Å². The van der Waals surface area contributed by atoms with E-state index in [-0.39, 0.29) is 5.92 Å². The van der Waals surface area contributed by atoms with Gasteiger partial charge in [0.05, 0.1) is 0 Å². The summed E-state index contributed by atoms with van der Waals surface area (Å²) in [6, 6.07) is 0. The third kappa shape index (κ3) is 3.29. The molecule has 1 rings (SSSR count). The quantitative estimate of drug-likeness (QED) is 0.625. The highest BCUT2D eigenvalue weighted by Crippen LogP contribution is 2.31. The van der Waals surface area contributed by atoms with E-state index < -0.39 is 0 Å². The Kier molecular flexibility index (Phi) is 4.13. The van der Waals surface area contributed by atoms with Crippen LogP contribution >= 0.6 is 0 Å². The Morgan fingerprint density at radius 3 is 2.85 bits per heavy atom.